The van der Waals surface area contributed by atoms with Gasteiger partial charge in [0.15, 0.2) is 0 Å². The first-order valence-electron chi connectivity index (χ1n) is 7.09. The normalized spacial score (nSPS) is 10.6. The summed E-state index contributed by atoms with van der Waals surface area (Å²) < 4.78 is 0. The first-order valence-corrected chi connectivity index (χ1v) is 7.09. The van der Waals surface area contributed by atoms with E-state index in [9.17, 15) is 9.59 Å². The Bertz CT molecular complexity index is 502. The molecule has 5 N–H and O–H groups in total. The number of carbonyl (C=O) groups excluding carboxylic acids is 2. The fraction of sp³-hybridized carbons (Fsp3) is 0.467. The Labute approximate surface area is 125 Å². The highest BCUT2D eigenvalue weighted by molar-refractivity contribution is 5.93. The zero-order chi connectivity index (χ0) is 15.8. The van der Waals surface area contributed by atoms with Crippen molar-refractivity contribution in [2.24, 2.45) is 5.73 Å². The van der Waals surface area contributed by atoms with Gasteiger partial charge < -0.3 is 16.8 Å². The number of anilines is 2. The average molecular weight is 292 g/mol. The lowest BCUT2D eigenvalue weighted by molar-refractivity contribution is -0.121. The maximum absolute atomic E-state index is 12.0. The number of primary amides is 1. The second-order valence-corrected chi connectivity index (χ2v) is 5.15. The molecular formula is C15H24N4O2. The van der Waals surface area contributed by atoms with E-state index in [-0.39, 0.29) is 19.0 Å². The Kier molecular flexibility index (Phi) is 6.68. The van der Waals surface area contributed by atoms with E-state index < -0.39 is 5.91 Å². The number of rotatable bonds is 8. The molecule has 1 aromatic carbocycles. The zero-order valence-corrected chi connectivity index (χ0v) is 12.7. The van der Waals surface area contributed by atoms with Crippen molar-refractivity contribution in [2.75, 3.05) is 30.7 Å². The van der Waals surface area contributed by atoms with Crippen LogP contribution in [0.5, 0.6) is 0 Å². The number of hydrogen-bond acceptors (Lipinski definition) is 4. The van der Waals surface area contributed by atoms with E-state index in [2.05, 4.69) is 12.2 Å². The standard InChI is InChI=1S/C15H24N4O2/c1-3-4-7-19(9-14(17)20)10-15(21)18-12-6-5-11(2)13(16)8-12/h5-6,8H,3-4,7,9-10,16H2,1-2H3,(H2,17,20)(H,18,21). The molecule has 0 aliphatic heterocycles. The van der Waals surface area contributed by atoms with E-state index in [0.29, 0.717) is 17.9 Å². The Morgan fingerprint density at radius 2 is 2.00 bits per heavy atom. The molecule has 0 saturated carbocycles. The van der Waals surface area contributed by atoms with Crippen molar-refractivity contribution in [2.45, 2.75) is 26.7 Å². The third-order valence-electron chi connectivity index (χ3n) is 3.14. The van der Waals surface area contributed by atoms with Crippen molar-refractivity contribution in [1.29, 1.82) is 0 Å². The van der Waals surface area contributed by atoms with Gasteiger partial charge >= 0.3 is 0 Å². The molecule has 0 heterocycles. The lowest BCUT2D eigenvalue weighted by Crippen LogP contribution is -2.39. The van der Waals surface area contributed by atoms with E-state index in [1.54, 1.807) is 17.0 Å². The second-order valence-electron chi connectivity index (χ2n) is 5.15. The molecular weight excluding hydrogens is 268 g/mol. The number of nitrogens with zero attached hydrogens (tertiary/aromatic N) is 1. The fourth-order valence-electron chi connectivity index (χ4n) is 1.94. The van der Waals surface area contributed by atoms with Crippen LogP contribution >= 0.6 is 0 Å². The Morgan fingerprint density at radius 3 is 2.57 bits per heavy atom. The van der Waals surface area contributed by atoms with Crippen molar-refractivity contribution in [3.63, 3.8) is 0 Å². The molecule has 0 saturated heterocycles. The second kappa shape index (κ2) is 8.26. The number of benzene rings is 1. The maximum Gasteiger partial charge on any atom is 0.238 e. The summed E-state index contributed by atoms with van der Waals surface area (Å²) in [5.41, 5.74) is 13.3. The van der Waals surface area contributed by atoms with Gasteiger partial charge in [-0.1, -0.05) is 19.4 Å². The highest BCUT2D eigenvalue weighted by Crippen LogP contribution is 2.16. The number of unbranched alkanes of at least 4 members (excludes halogenated alkanes) is 1. The molecule has 1 aromatic rings. The zero-order valence-electron chi connectivity index (χ0n) is 12.7. The van der Waals surface area contributed by atoms with Crippen LogP contribution in [0.2, 0.25) is 0 Å². The van der Waals surface area contributed by atoms with Gasteiger partial charge in [-0.25, -0.2) is 0 Å². The lowest BCUT2D eigenvalue weighted by Gasteiger charge is -2.19. The summed E-state index contributed by atoms with van der Waals surface area (Å²) in [7, 11) is 0. The van der Waals surface area contributed by atoms with Crippen LogP contribution in [-0.4, -0.2) is 36.3 Å². The van der Waals surface area contributed by atoms with Crippen LogP contribution in [-0.2, 0) is 9.59 Å². The molecule has 0 spiro atoms. The number of nitrogens with two attached hydrogens (primary N) is 2. The van der Waals surface area contributed by atoms with Crippen LogP contribution in [0.15, 0.2) is 18.2 Å². The van der Waals surface area contributed by atoms with Crippen molar-refractivity contribution < 1.29 is 9.59 Å². The summed E-state index contributed by atoms with van der Waals surface area (Å²) in [5.74, 6) is -0.617. The summed E-state index contributed by atoms with van der Waals surface area (Å²) in [6.07, 6.45) is 1.91. The molecule has 0 aromatic heterocycles. The van der Waals surface area contributed by atoms with Gasteiger partial charge in [-0.05, 0) is 37.6 Å². The Balaban J connectivity index is 2.59. The van der Waals surface area contributed by atoms with Crippen LogP contribution in [0.25, 0.3) is 0 Å². The van der Waals surface area contributed by atoms with E-state index in [1.165, 1.54) is 0 Å². The predicted molar refractivity (Wildman–Crippen MR) is 84.8 cm³/mol. The molecule has 6 heteroatoms. The first kappa shape index (κ1) is 17.0. The van der Waals surface area contributed by atoms with E-state index in [0.717, 1.165) is 18.4 Å². The van der Waals surface area contributed by atoms with Gasteiger partial charge in [0.05, 0.1) is 13.1 Å². The van der Waals surface area contributed by atoms with E-state index in [1.807, 2.05) is 13.0 Å². The van der Waals surface area contributed by atoms with Crippen molar-refractivity contribution in [1.82, 2.24) is 4.90 Å². The van der Waals surface area contributed by atoms with Gasteiger partial charge in [-0.15, -0.1) is 0 Å². The number of carbonyl (C=O) groups is 2. The largest absolute Gasteiger partial charge is 0.398 e. The Morgan fingerprint density at radius 1 is 1.29 bits per heavy atom. The van der Waals surface area contributed by atoms with Crippen molar-refractivity contribution in [3.05, 3.63) is 23.8 Å². The molecule has 21 heavy (non-hydrogen) atoms. The minimum Gasteiger partial charge on any atom is -0.398 e. The maximum atomic E-state index is 12.0. The molecule has 2 amide bonds. The summed E-state index contributed by atoms with van der Waals surface area (Å²) in [6.45, 7) is 4.85. The Hall–Kier alpha value is -2.08. The minimum absolute atomic E-state index is 0.0868. The van der Waals surface area contributed by atoms with Gasteiger partial charge in [0.25, 0.3) is 0 Å². The molecule has 1 rings (SSSR count). The highest BCUT2D eigenvalue weighted by atomic mass is 16.2. The van der Waals surface area contributed by atoms with Crippen LogP contribution < -0.4 is 16.8 Å². The van der Waals surface area contributed by atoms with E-state index >= 15 is 0 Å². The number of nitrogen functional groups attached to an aromatic ring is 1. The molecule has 0 bridgehead atoms. The molecule has 6 nitrogen and oxygen atoms in total. The fourth-order valence-corrected chi connectivity index (χ4v) is 1.94. The van der Waals surface area contributed by atoms with Gasteiger partial charge in [-0.2, -0.15) is 0 Å². The molecule has 0 aliphatic carbocycles. The van der Waals surface area contributed by atoms with Crippen LogP contribution in [0, 0.1) is 6.92 Å². The third kappa shape index (κ3) is 6.27. The topological polar surface area (TPSA) is 101 Å². The van der Waals surface area contributed by atoms with Crippen molar-refractivity contribution in [3.8, 4) is 0 Å². The van der Waals surface area contributed by atoms with Crippen LogP contribution in [0.1, 0.15) is 25.3 Å². The number of hydrogen-bond donors (Lipinski definition) is 3. The predicted octanol–water partition coefficient (Wildman–Crippen LogP) is 1.10. The van der Waals surface area contributed by atoms with Crippen LogP contribution in [0.4, 0.5) is 11.4 Å². The minimum atomic E-state index is -0.432. The highest BCUT2D eigenvalue weighted by Gasteiger charge is 2.13. The number of nitrogens with one attached hydrogen (secondary N) is 1. The number of aryl methyl sites for hydroxylation is 1. The lowest BCUT2D eigenvalue weighted by atomic mass is 10.2. The summed E-state index contributed by atoms with van der Waals surface area (Å²) >= 11 is 0. The van der Waals surface area contributed by atoms with Gasteiger partial charge in [0.1, 0.15) is 0 Å². The number of amides is 2. The van der Waals surface area contributed by atoms with Gasteiger partial charge in [-0.3, -0.25) is 14.5 Å². The van der Waals surface area contributed by atoms with E-state index in [4.69, 9.17) is 11.5 Å². The van der Waals surface area contributed by atoms with Crippen LogP contribution in [0.3, 0.4) is 0 Å². The molecule has 116 valence electrons. The van der Waals surface area contributed by atoms with Gasteiger partial charge in [0, 0.05) is 11.4 Å². The monoisotopic (exact) mass is 292 g/mol. The van der Waals surface area contributed by atoms with Gasteiger partial charge in [0.2, 0.25) is 11.8 Å². The summed E-state index contributed by atoms with van der Waals surface area (Å²) in [4.78, 5) is 24.8. The van der Waals surface area contributed by atoms with Crippen molar-refractivity contribution >= 4 is 23.2 Å². The average Bonchev–Trinajstić information content (AvgIpc) is 2.39. The molecule has 0 atom stereocenters. The molecule has 0 aliphatic rings. The molecule has 0 unspecified atom stereocenters. The SMILES string of the molecule is CCCCN(CC(N)=O)CC(=O)Nc1ccc(C)c(N)c1. The smallest absolute Gasteiger partial charge is 0.238 e. The quantitative estimate of drug-likeness (QED) is 0.624. The summed E-state index contributed by atoms with van der Waals surface area (Å²) in [6, 6.07) is 5.37. The first-order chi connectivity index (χ1) is 9.92. The molecule has 0 fully saturated rings. The summed E-state index contributed by atoms with van der Waals surface area (Å²) in [5, 5.41) is 2.78. The third-order valence-corrected chi connectivity index (χ3v) is 3.14. The molecule has 0 radical (unpaired) electrons.